The summed E-state index contributed by atoms with van der Waals surface area (Å²) in [7, 11) is 0. The van der Waals surface area contributed by atoms with Crippen LogP contribution < -0.4 is 5.32 Å². The van der Waals surface area contributed by atoms with Crippen LogP contribution in [0.25, 0.3) is 66.2 Å². The molecule has 1 aromatic heterocycles. The van der Waals surface area contributed by atoms with Gasteiger partial charge in [0.15, 0.2) is 0 Å². The fourth-order valence-corrected chi connectivity index (χ4v) is 8.19. The minimum absolute atomic E-state index is 0.179. The maximum atomic E-state index is 14.5. The lowest BCUT2D eigenvalue weighted by molar-refractivity contribution is 0.0947. The highest BCUT2D eigenvalue weighted by Gasteiger charge is 2.31. The van der Waals surface area contributed by atoms with Gasteiger partial charge in [-0.05, 0) is 118 Å². The molecule has 3 heteroatoms. The number of carbonyl (C=O) groups is 1. The molecule has 7 aromatic carbocycles. The predicted octanol–water partition coefficient (Wildman–Crippen LogP) is 12.2. The van der Waals surface area contributed by atoms with E-state index in [0.717, 1.165) is 43.9 Å². The van der Waals surface area contributed by atoms with Crippen LogP contribution in [-0.4, -0.2) is 10.9 Å². The minimum atomic E-state index is -0.179. The molecule has 0 atom stereocenters. The molecule has 0 spiro atoms. The molecular weight excluding hydrogens is 645 g/mol. The molecule has 0 bridgehead atoms. The molecule has 1 N–H and O–H groups in total. The normalized spacial score (nSPS) is 12.1. The third kappa shape index (κ3) is 5.52. The quantitative estimate of drug-likeness (QED) is 0.177. The Hall–Kier alpha value is -6.32. The Morgan fingerprint density at radius 2 is 1.11 bits per heavy atom. The first-order valence-electron chi connectivity index (χ1n) is 18.4. The van der Waals surface area contributed by atoms with Gasteiger partial charge in [0.1, 0.15) is 5.69 Å². The molecule has 9 rings (SSSR count). The zero-order valence-electron chi connectivity index (χ0n) is 30.8. The smallest absolute Gasteiger partial charge is 0.270 e. The zero-order chi connectivity index (χ0) is 36.4. The van der Waals surface area contributed by atoms with Gasteiger partial charge in [0.05, 0.1) is 0 Å². The van der Waals surface area contributed by atoms with Crippen molar-refractivity contribution >= 4 is 49.9 Å². The Balaban J connectivity index is 1.49. The fraction of sp³-hybridized carbons (Fsp3) is 0.120. The monoisotopic (exact) mass is 684 g/mol. The van der Waals surface area contributed by atoms with Crippen molar-refractivity contribution in [2.24, 2.45) is 0 Å². The van der Waals surface area contributed by atoms with Gasteiger partial charge in [-0.25, -0.2) is 4.98 Å². The average molecular weight is 685 g/mol. The van der Waals surface area contributed by atoms with Crippen molar-refractivity contribution in [2.75, 3.05) is 0 Å². The second-order valence-electron chi connectivity index (χ2n) is 14.7. The summed E-state index contributed by atoms with van der Waals surface area (Å²) < 4.78 is 0. The number of nitrogens with one attached hydrogen (secondary N) is 1. The third-order valence-electron chi connectivity index (χ3n) is 10.8. The lowest BCUT2D eigenvalue weighted by atomic mass is 9.81. The van der Waals surface area contributed by atoms with E-state index in [4.69, 9.17) is 4.98 Å². The Morgan fingerprint density at radius 1 is 0.528 bits per heavy atom. The lowest BCUT2D eigenvalue weighted by Gasteiger charge is -2.22. The highest BCUT2D eigenvalue weighted by molar-refractivity contribution is 6.37. The van der Waals surface area contributed by atoms with Crippen LogP contribution in [0.2, 0.25) is 0 Å². The first kappa shape index (κ1) is 32.6. The van der Waals surface area contributed by atoms with Crippen LogP contribution in [0.1, 0.15) is 60.7 Å². The molecule has 256 valence electrons. The summed E-state index contributed by atoms with van der Waals surface area (Å²) in [5, 5.41) is 9.68. The van der Waals surface area contributed by atoms with Crippen molar-refractivity contribution in [1.82, 2.24) is 10.3 Å². The van der Waals surface area contributed by atoms with Crippen LogP contribution in [-0.2, 0) is 6.54 Å². The number of carbonyl (C=O) groups excluding carboxylic acids is 1. The summed E-state index contributed by atoms with van der Waals surface area (Å²) in [4.78, 5) is 19.6. The predicted molar refractivity (Wildman–Crippen MR) is 222 cm³/mol. The summed E-state index contributed by atoms with van der Waals surface area (Å²) in [6.45, 7) is 11.0. The molecule has 0 unspecified atom stereocenters. The average Bonchev–Trinajstić information content (AvgIpc) is 3.55. The number of aryl methyl sites for hydroxylation is 5. The Morgan fingerprint density at radius 3 is 1.75 bits per heavy atom. The second kappa shape index (κ2) is 12.7. The topological polar surface area (TPSA) is 42.0 Å². The zero-order valence-corrected chi connectivity index (χ0v) is 30.8. The Kier molecular flexibility index (Phi) is 7.82. The van der Waals surface area contributed by atoms with Crippen LogP contribution in [0, 0.1) is 34.6 Å². The molecular formula is C50H40N2O. The summed E-state index contributed by atoms with van der Waals surface area (Å²) in [5.41, 5.74) is 16.5. The number of pyridine rings is 1. The first-order valence-corrected chi connectivity index (χ1v) is 18.4. The van der Waals surface area contributed by atoms with Crippen LogP contribution in [0.15, 0.2) is 127 Å². The number of fused-ring (bicyclic) bond motifs is 4. The van der Waals surface area contributed by atoms with Gasteiger partial charge in [-0.2, -0.15) is 0 Å². The summed E-state index contributed by atoms with van der Waals surface area (Å²) >= 11 is 0. The van der Waals surface area contributed by atoms with Crippen molar-refractivity contribution in [3.63, 3.8) is 0 Å². The molecule has 53 heavy (non-hydrogen) atoms. The molecule has 1 aliphatic carbocycles. The van der Waals surface area contributed by atoms with Crippen molar-refractivity contribution in [2.45, 2.75) is 41.2 Å². The van der Waals surface area contributed by atoms with E-state index < -0.39 is 0 Å². The molecule has 0 saturated heterocycles. The third-order valence-corrected chi connectivity index (χ3v) is 10.8. The molecule has 1 amide bonds. The van der Waals surface area contributed by atoms with E-state index in [0.29, 0.717) is 12.2 Å². The first-order chi connectivity index (χ1) is 25.7. The van der Waals surface area contributed by atoms with Gasteiger partial charge in [-0.3, -0.25) is 4.79 Å². The number of benzene rings is 7. The van der Waals surface area contributed by atoms with Crippen LogP contribution in [0.3, 0.4) is 0 Å². The van der Waals surface area contributed by atoms with Crippen LogP contribution >= 0.6 is 0 Å². The number of hydrogen-bond donors (Lipinski definition) is 1. The van der Waals surface area contributed by atoms with E-state index in [1.807, 2.05) is 37.3 Å². The molecule has 0 aliphatic heterocycles. The lowest BCUT2D eigenvalue weighted by Crippen LogP contribution is -2.24. The Bertz CT molecular complexity index is 2790. The maximum absolute atomic E-state index is 14.5. The number of hydrogen-bond acceptors (Lipinski definition) is 2. The summed E-state index contributed by atoms with van der Waals surface area (Å²) in [6, 6.07) is 45.7. The maximum Gasteiger partial charge on any atom is 0.270 e. The molecule has 3 nitrogen and oxygen atoms in total. The van der Waals surface area contributed by atoms with Crippen LogP contribution in [0.5, 0.6) is 0 Å². The molecule has 0 saturated carbocycles. The fourth-order valence-electron chi connectivity index (χ4n) is 8.19. The number of aromatic nitrogens is 1. The van der Waals surface area contributed by atoms with Crippen molar-refractivity contribution in [3.8, 4) is 22.3 Å². The van der Waals surface area contributed by atoms with E-state index >= 15 is 0 Å². The van der Waals surface area contributed by atoms with Crippen LogP contribution in [0.4, 0.5) is 0 Å². The number of nitrogens with zero attached hydrogens (tertiary/aromatic N) is 1. The van der Waals surface area contributed by atoms with E-state index in [9.17, 15) is 4.79 Å². The van der Waals surface area contributed by atoms with Crippen molar-refractivity contribution in [1.29, 1.82) is 0 Å². The van der Waals surface area contributed by atoms with Gasteiger partial charge in [-0.15, -0.1) is 0 Å². The highest BCUT2D eigenvalue weighted by atomic mass is 16.1. The molecule has 0 fully saturated rings. The Labute approximate surface area is 310 Å². The minimum Gasteiger partial charge on any atom is -0.347 e. The standard InChI is InChI=1S/C50H40N2O/c1-29-11-18-35(19-12-29)39-27-42-43(36-20-13-30(2)14-21-36)41-26-33(5)52-49(50(53)51-28-34-9-7-6-8-10-34)48(41)45-38-24-17-32(4)25-40(38)44(46(39)47(42)45)37-22-15-31(3)16-23-37/h6-27H,28H2,1-5H3,(H,51,53). The number of rotatable bonds is 6. The van der Waals surface area contributed by atoms with Gasteiger partial charge >= 0.3 is 0 Å². The van der Waals surface area contributed by atoms with Gasteiger partial charge in [-0.1, -0.05) is 144 Å². The van der Waals surface area contributed by atoms with E-state index in [-0.39, 0.29) is 5.91 Å². The molecule has 8 aromatic rings. The van der Waals surface area contributed by atoms with Crippen molar-refractivity contribution < 1.29 is 4.79 Å². The largest absolute Gasteiger partial charge is 0.347 e. The van der Waals surface area contributed by atoms with Gasteiger partial charge < -0.3 is 5.32 Å². The van der Waals surface area contributed by atoms with E-state index in [2.05, 4.69) is 136 Å². The van der Waals surface area contributed by atoms with E-state index in [1.54, 1.807) is 0 Å². The SMILES string of the molecule is Cc1ccc(C2=Cc3c(-c4ccc(C)cc4)c4cc(C)nc(C(=O)NCc5ccccc5)c4c4c3c2c(-c2ccc(C)cc2)c2cc(C)ccc24)cc1. The van der Waals surface area contributed by atoms with E-state index in [1.165, 1.54) is 66.4 Å². The summed E-state index contributed by atoms with van der Waals surface area (Å²) in [5.74, 6) is -0.179. The highest BCUT2D eigenvalue weighted by Crippen LogP contribution is 2.55. The van der Waals surface area contributed by atoms with Gasteiger partial charge in [0.2, 0.25) is 0 Å². The van der Waals surface area contributed by atoms with Gasteiger partial charge in [0.25, 0.3) is 5.91 Å². The van der Waals surface area contributed by atoms with Gasteiger partial charge in [0, 0.05) is 23.0 Å². The molecule has 1 aliphatic rings. The van der Waals surface area contributed by atoms with Crippen molar-refractivity contribution in [3.05, 3.63) is 183 Å². The molecule has 1 heterocycles. The summed E-state index contributed by atoms with van der Waals surface area (Å²) in [6.07, 6.45) is 2.41. The number of amides is 1. The molecule has 0 radical (unpaired) electrons. The second-order valence-corrected chi connectivity index (χ2v) is 14.7.